The first kappa shape index (κ1) is 22.6. The van der Waals surface area contributed by atoms with Crippen molar-refractivity contribution in [2.24, 2.45) is 0 Å². The van der Waals surface area contributed by atoms with Gasteiger partial charge in [0.1, 0.15) is 37.1 Å². The Morgan fingerprint density at radius 3 is 2.07 bits per heavy atom. The van der Waals surface area contributed by atoms with Crippen molar-refractivity contribution >= 4 is 17.9 Å². The van der Waals surface area contributed by atoms with Crippen molar-refractivity contribution in [1.29, 1.82) is 0 Å². The number of rotatable bonds is 7. The molecule has 0 aromatic heterocycles. The van der Waals surface area contributed by atoms with Crippen LogP contribution in [0.1, 0.15) is 20.8 Å². The van der Waals surface area contributed by atoms with E-state index in [1.165, 1.54) is 20.8 Å². The van der Waals surface area contributed by atoms with Crippen LogP contribution in [0, 0.1) is 0 Å². The predicted octanol–water partition coefficient (Wildman–Crippen LogP) is 1.80. The van der Waals surface area contributed by atoms with E-state index in [4.69, 9.17) is 23.7 Å². The third kappa shape index (κ3) is 6.69. The van der Waals surface area contributed by atoms with Gasteiger partial charge in [-0.15, -0.1) is 0 Å². The molecule has 0 saturated heterocycles. The molecule has 0 radical (unpaired) electrons. The van der Waals surface area contributed by atoms with Crippen LogP contribution in [0.5, 0.6) is 0 Å². The molecular weight excluding hydrogens is 380 g/mol. The van der Waals surface area contributed by atoms with E-state index < -0.39 is 42.5 Å². The summed E-state index contributed by atoms with van der Waals surface area (Å²) in [6.45, 7) is 12.1. The molecule has 2 heterocycles. The zero-order chi connectivity index (χ0) is 21.6. The van der Waals surface area contributed by atoms with Gasteiger partial charge in [-0.3, -0.25) is 14.4 Å². The minimum Gasteiger partial charge on any atom is -0.463 e. The van der Waals surface area contributed by atoms with Crippen molar-refractivity contribution in [1.82, 2.24) is 0 Å². The quantitative estimate of drug-likeness (QED) is 0.273. The lowest BCUT2D eigenvalue weighted by atomic mass is 9.94. The van der Waals surface area contributed by atoms with Crippen LogP contribution in [0.2, 0.25) is 0 Å². The Balaban J connectivity index is 2.03. The number of hydrogen-bond acceptors (Lipinski definition) is 8. The smallest absolute Gasteiger partial charge is 0.303 e. The molecular formula is C21H26O8. The summed E-state index contributed by atoms with van der Waals surface area (Å²) in [5.41, 5.74) is 1.16. The van der Waals surface area contributed by atoms with Gasteiger partial charge in [0, 0.05) is 20.8 Å². The molecule has 0 fully saturated rings. The first-order valence-corrected chi connectivity index (χ1v) is 9.16. The van der Waals surface area contributed by atoms with Gasteiger partial charge in [0.15, 0.2) is 0 Å². The van der Waals surface area contributed by atoms with E-state index in [0.717, 1.165) is 0 Å². The Morgan fingerprint density at radius 1 is 0.897 bits per heavy atom. The van der Waals surface area contributed by atoms with Gasteiger partial charge < -0.3 is 23.7 Å². The molecule has 2 aliphatic rings. The molecule has 29 heavy (non-hydrogen) atoms. The van der Waals surface area contributed by atoms with E-state index in [-0.39, 0.29) is 19.2 Å². The van der Waals surface area contributed by atoms with Crippen LogP contribution >= 0.6 is 0 Å². The summed E-state index contributed by atoms with van der Waals surface area (Å²) in [5, 5.41) is 0. The lowest BCUT2D eigenvalue weighted by Crippen LogP contribution is -2.42. The molecule has 0 saturated carbocycles. The number of carbonyl (C=O) groups excluding carboxylic acids is 3. The molecule has 158 valence electrons. The van der Waals surface area contributed by atoms with Gasteiger partial charge in [-0.05, 0) is 23.3 Å². The maximum Gasteiger partial charge on any atom is 0.303 e. The summed E-state index contributed by atoms with van der Waals surface area (Å²) in [6, 6.07) is 0. The van der Waals surface area contributed by atoms with Crippen molar-refractivity contribution < 1.29 is 38.1 Å². The molecule has 2 aliphatic heterocycles. The first-order chi connectivity index (χ1) is 13.7. The summed E-state index contributed by atoms with van der Waals surface area (Å²) in [4.78, 5) is 33.5. The number of esters is 3. The fourth-order valence-corrected chi connectivity index (χ4v) is 2.89. The predicted molar refractivity (Wildman–Crippen MR) is 103 cm³/mol. The van der Waals surface area contributed by atoms with Gasteiger partial charge >= 0.3 is 17.9 Å². The highest BCUT2D eigenvalue weighted by Gasteiger charge is 2.33. The van der Waals surface area contributed by atoms with Crippen molar-refractivity contribution in [3.05, 3.63) is 48.6 Å². The Bertz CT molecular complexity index is 735. The van der Waals surface area contributed by atoms with Crippen LogP contribution in [-0.2, 0) is 38.1 Å². The first-order valence-electron chi connectivity index (χ1n) is 9.16. The van der Waals surface area contributed by atoms with Crippen molar-refractivity contribution in [2.75, 3.05) is 13.2 Å². The molecule has 0 aromatic carbocycles. The van der Waals surface area contributed by atoms with Crippen LogP contribution in [0.3, 0.4) is 0 Å². The molecule has 2 rings (SSSR count). The second kappa shape index (κ2) is 10.2. The minimum absolute atomic E-state index is 0.0717. The maximum absolute atomic E-state index is 11.3. The molecule has 0 aromatic rings. The van der Waals surface area contributed by atoms with Gasteiger partial charge in [-0.1, -0.05) is 25.3 Å². The van der Waals surface area contributed by atoms with E-state index in [0.29, 0.717) is 11.1 Å². The number of hydrogen-bond donors (Lipinski definition) is 0. The summed E-state index contributed by atoms with van der Waals surface area (Å²) >= 11 is 0. The average molecular weight is 406 g/mol. The Kier molecular flexibility index (Phi) is 7.92. The van der Waals surface area contributed by atoms with E-state index in [1.54, 1.807) is 24.3 Å². The normalized spacial score (nSPS) is 28.3. The molecule has 0 unspecified atom stereocenters. The van der Waals surface area contributed by atoms with E-state index in [2.05, 4.69) is 13.2 Å². The van der Waals surface area contributed by atoms with Gasteiger partial charge in [0.25, 0.3) is 0 Å². The molecule has 5 atom stereocenters. The number of ether oxygens (including phenoxy) is 5. The standard InChI is InChI=1S/C21H26O8/c1-12(18-7-6-17(10-26-18)27-15(4)23)13(2)19-8-9-20(28-16(5)24)21(29-19)11-25-14(3)22/h6-9,17-21H,1-2,10-11H2,3-5H3/t17-,18+,19-,20-,21+/m0/s1. The summed E-state index contributed by atoms with van der Waals surface area (Å²) in [6.07, 6.45) is 4.07. The Morgan fingerprint density at radius 2 is 1.52 bits per heavy atom. The van der Waals surface area contributed by atoms with Crippen LogP contribution in [0.15, 0.2) is 48.6 Å². The third-order valence-corrected chi connectivity index (χ3v) is 4.27. The fourth-order valence-electron chi connectivity index (χ4n) is 2.89. The topological polar surface area (TPSA) is 97.4 Å². The zero-order valence-corrected chi connectivity index (χ0v) is 16.8. The van der Waals surface area contributed by atoms with Crippen LogP contribution in [0.4, 0.5) is 0 Å². The molecule has 0 bridgehead atoms. The fraction of sp³-hybridized carbons (Fsp3) is 0.476. The molecule has 8 nitrogen and oxygen atoms in total. The van der Waals surface area contributed by atoms with Crippen LogP contribution in [-0.4, -0.2) is 61.6 Å². The van der Waals surface area contributed by atoms with Gasteiger partial charge in [-0.2, -0.15) is 0 Å². The largest absolute Gasteiger partial charge is 0.463 e. The highest BCUT2D eigenvalue weighted by molar-refractivity contribution is 5.67. The molecule has 0 amide bonds. The average Bonchev–Trinajstić information content (AvgIpc) is 2.65. The van der Waals surface area contributed by atoms with Gasteiger partial charge in [0.05, 0.1) is 6.61 Å². The highest BCUT2D eigenvalue weighted by Crippen LogP contribution is 2.28. The summed E-state index contributed by atoms with van der Waals surface area (Å²) in [7, 11) is 0. The molecule has 0 aliphatic carbocycles. The Hall–Kier alpha value is -2.71. The molecule has 0 spiro atoms. The molecule has 8 heteroatoms. The van der Waals surface area contributed by atoms with E-state index in [9.17, 15) is 14.4 Å². The van der Waals surface area contributed by atoms with E-state index in [1.807, 2.05) is 0 Å². The van der Waals surface area contributed by atoms with Crippen molar-refractivity contribution in [3.8, 4) is 0 Å². The van der Waals surface area contributed by atoms with E-state index >= 15 is 0 Å². The third-order valence-electron chi connectivity index (χ3n) is 4.27. The number of carbonyl (C=O) groups is 3. The minimum atomic E-state index is -0.682. The SMILES string of the molecule is C=C(C(=C)[C@H]1C=C[C@H](OC(C)=O)CO1)[C@@H]1C=C[C@H](OC(C)=O)[C@@H](COC(C)=O)O1. The Labute approximate surface area is 169 Å². The second-order valence-electron chi connectivity index (χ2n) is 6.69. The summed E-state index contributed by atoms with van der Waals surface area (Å²) < 4.78 is 27.0. The monoisotopic (exact) mass is 406 g/mol. The van der Waals surface area contributed by atoms with Gasteiger partial charge in [-0.25, -0.2) is 0 Å². The lowest BCUT2D eigenvalue weighted by Gasteiger charge is -2.34. The van der Waals surface area contributed by atoms with Crippen molar-refractivity contribution in [3.63, 3.8) is 0 Å². The van der Waals surface area contributed by atoms with Crippen molar-refractivity contribution in [2.45, 2.75) is 51.3 Å². The van der Waals surface area contributed by atoms with Crippen LogP contribution in [0.25, 0.3) is 0 Å². The second-order valence-corrected chi connectivity index (χ2v) is 6.69. The maximum atomic E-state index is 11.3. The van der Waals surface area contributed by atoms with Gasteiger partial charge in [0.2, 0.25) is 0 Å². The highest BCUT2D eigenvalue weighted by atomic mass is 16.6. The lowest BCUT2D eigenvalue weighted by molar-refractivity contribution is -0.161. The summed E-state index contributed by atoms with van der Waals surface area (Å²) in [5.74, 6) is -1.32. The molecule has 0 N–H and O–H groups in total. The zero-order valence-electron chi connectivity index (χ0n) is 16.8. The van der Waals surface area contributed by atoms with Crippen LogP contribution < -0.4 is 0 Å².